The van der Waals surface area contributed by atoms with Crippen molar-refractivity contribution in [1.29, 1.82) is 0 Å². The van der Waals surface area contributed by atoms with Crippen LogP contribution in [0.3, 0.4) is 0 Å². The predicted octanol–water partition coefficient (Wildman–Crippen LogP) is -4.13. The van der Waals surface area contributed by atoms with Crippen LogP contribution in [0, 0.1) is 5.92 Å². The number of rotatable bonds is 1. The molecule has 0 aromatic heterocycles. The third-order valence-electron chi connectivity index (χ3n) is 2.48. The SMILES string of the molecule is CC1C=C(C(=O)[O-])N2C(=O)CC12.[Na+]. The molecule has 5 heteroatoms. The van der Waals surface area contributed by atoms with Crippen LogP contribution in [0.4, 0.5) is 0 Å². The van der Waals surface area contributed by atoms with Crippen LogP contribution < -0.4 is 34.7 Å². The fourth-order valence-electron chi connectivity index (χ4n) is 1.78. The smallest absolute Gasteiger partial charge is 0.543 e. The summed E-state index contributed by atoms with van der Waals surface area (Å²) < 4.78 is 0. The van der Waals surface area contributed by atoms with Crippen LogP contribution in [0.25, 0.3) is 0 Å². The van der Waals surface area contributed by atoms with E-state index in [0.29, 0.717) is 6.42 Å². The van der Waals surface area contributed by atoms with Crippen LogP contribution in [0.1, 0.15) is 13.3 Å². The molecule has 0 spiro atoms. The Morgan fingerprint density at radius 1 is 1.69 bits per heavy atom. The van der Waals surface area contributed by atoms with Crippen LogP contribution in [-0.4, -0.2) is 22.8 Å². The largest absolute Gasteiger partial charge is 1.00 e. The standard InChI is InChI=1S/C8H9NO3.Na/c1-4-2-6(8(11)12)9-5(4)3-7(9)10;/h2,4-5H,3H2,1H3,(H,11,12);/q;+1/p-1. The number of hydrogen-bond donors (Lipinski definition) is 0. The Balaban J connectivity index is 0.000000845. The second-order valence-corrected chi connectivity index (χ2v) is 3.23. The molecule has 1 saturated heterocycles. The number of carbonyl (C=O) groups excluding carboxylic acids is 2. The summed E-state index contributed by atoms with van der Waals surface area (Å²) >= 11 is 0. The number of amides is 1. The number of fused-ring (bicyclic) bond motifs is 1. The van der Waals surface area contributed by atoms with E-state index in [1.165, 1.54) is 4.90 Å². The van der Waals surface area contributed by atoms with Crippen molar-refractivity contribution in [2.24, 2.45) is 5.92 Å². The van der Waals surface area contributed by atoms with E-state index >= 15 is 0 Å². The number of β-lactam (4-membered cyclic amide) rings is 1. The van der Waals surface area contributed by atoms with Crippen molar-refractivity contribution in [3.8, 4) is 0 Å². The zero-order valence-electron chi connectivity index (χ0n) is 7.61. The zero-order valence-corrected chi connectivity index (χ0v) is 9.61. The molecule has 0 saturated carbocycles. The molecule has 0 radical (unpaired) electrons. The predicted molar refractivity (Wildman–Crippen MR) is 37.5 cm³/mol. The summed E-state index contributed by atoms with van der Waals surface area (Å²) in [6.45, 7) is 1.90. The quantitative estimate of drug-likeness (QED) is 0.311. The molecule has 2 heterocycles. The van der Waals surface area contributed by atoms with E-state index in [1.54, 1.807) is 6.08 Å². The number of carbonyl (C=O) groups is 2. The van der Waals surface area contributed by atoms with Gasteiger partial charge in [0.05, 0.1) is 17.7 Å². The molecule has 13 heavy (non-hydrogen) atoms. The molecule has 0 aliphatic carbocycles. The van der Waals surface area contributed by atoms with Gasteiger partial charge in [0, 0.05) is 6.42 Å². The van der Waals surface area contributed by atoms with Gasteiger partial charge in [-0.2, -0.15) is 0 Å². The fourth-order valence-corrected chi connectivity index (χ4v) is 1.78. The van der Waals surface area contributed by atoms with E-state index < -0.39 is 5.97 Å². The molecule has 2 unspecified atom stereocenters. The van der Waals surface area contributed by atoms with Gasteiger partial charge in [0.1, 0.15) is 0 Å². The van der Waals surface area contributed by atoms with E-state index in [1.807, 2.05) is 6.92 Å². The summed E-state index contributed by atoms with van der Waals surface area (Å²) in [6, 6.07) is 0.0744. The van der Waals surface area contributed by atoms with Gasteiger partial charge in [0.2, 0.25) is 5.91 Å². The van der Waals surface area contributed by atoms with Crippen LogP contribution in [0.5, 0.6) is 0 Å². The third kappa shape index (κ3) is 1.43. The normalized spacial score (nSPS) is 30.1. The molecule has 1 fully saturated rings. The number of aliphatic carboxylic acids is 1. The molecular weight excluding hydrogens is 181 g/mol. The van der Waals surface area contributed by atoms with Gasteiger partial charge in [-0.05, 0) is 5.92 Å². The van der Waals surface area contributed by atoms with Crippen LogP contribution in [0.2, 0.25) is 0 Å². The van der Waals surface area contributed by atoms with Crippen LogP contribution in [-0.2, 0) is 9.59 Å². The monoisotopic (exact) mass is 189 g/mol. The molecular formula is C8H8NNaO3. The Kier molecular flexibility index (Phi) is 2.85. The Morgan fingerprint density at radius 3 is 2.69 bits per heavy atom. The topological polar surface area (TPSA) is 60.4 Å². The molecule has 2 aliphatic heterocycles. The first-order valence-corrected chi connectivity index (χ1v) is 3.86. The molecule has 2 atom stereocenters. The average Bonchev–Trinajstić information content (AvgIpc) is 2.22. The van der Waals surface area contributed by atoms with Crippen molar-refractivity contribution in [2.45, 2.75) is 19.4 Å². The second kappa shape index (κ2) is 3.44. The van der Waals surface area contributed by atoms with Gasteiger partial charge in [-0.25, -0.2) is 0 Å². The van der Waals surface area contributed by atoms with Gasteiger partial charge >= 0.3 is 29.6 Å². The van der Waals surface area contributed by atoms with E-state index in [2.05, 4.69) is 0 Å². The Hall–Kier alpha value is -0.320. The maximum absolute atomic E-state index is 11.0. The first-order valence-electron chi connectivity index (χ1n) is 3.86. The van der Waals surface area contributed by atoms with Gasteiger partial charge in [-0.1, -0.05) is 13.0 Å². The van der Waals surface area contributed by atoms with Crippen molar-refractivity contribution in [1.82, 2.24) is 4.90 Å². The number of nitrogens with zero attached hydrogens (tertiary/aromatic N) is 1. The summed E-state index contributed by atoms with van der Waals surface area (Å²) in [5, 5.41) is 10.5. The summed E-state index contributed by atoms with van der Waals surface area (Å²) in [4.78, 5) is 22.8. The zero-order chi connectivity index (χ0) is 8.88. The molecule has 0 bridgehead atoms. The summed E-state index contributed by atoms with van der Waals surface area (Å²) in [5.41, 5.74) is 0.0451. The van der Waals surface area contributed by atoms with E-state index in [4.69, 9.17) is 0 Å². The molecule has 4 nitrogen and oxygen atoms in total. The molecule has 0 aromatic carbocycles. The summed E-state index contributed by atoms with van der Waals surface area (Å²) in [6.07, 6.45) is 2.05. The third-order valence-corrected chi connectivity index (χ3v) is 2.48. The van der Waals surface area contributed by atoms with E-state index in [0.717, 1.165) is 0 Å². The summed E-state index contributed by atoms with van der Waals surface area (Å²) in [7, 11) is 0. The number of carboxylic acids is 1. The molecule has 1 amide bonds. The van der Waals surface area contributed by atoms with E-state index in [9.17, 15) is 14.7 Å². The summed E-state index contributed by atoms with van der Waals surface area (Å²) in [5.74, 6) is -1.21. The number of hydrogen-bond acceptors (Lipinski definition) is 3. The Morgan fingerprint density at radius 2 is 2.31 bits per heavy atom. The molecule has 2 rings (SSSR count). The fraction of sp³-hybridized carbons (Fsp3) is 0.500. The van der Waals surface area contributed by atoms with Crippen LogP contribution >= 0.6 is 0 Å². The van der Waals surface area contributed by atoms with Crippen molar-refractivity contribution < 1.29 is 44.3 Å². The number of carboxylic acid groups (broad SMARTS) is 1. The van der Waals surface area contributed by atoms with Gasteiger partial charge in [0.15, 0.2) is 0 Å². The van der Waals surface area contributed by atoms with Crippen molar-refractivity contribution in [3.05, 3.63) is 11.8 Å². The van der Waals surface area contributed by atoms with Gasteiger partial charge in [-0.15, -0.1) is 0 Å². The molecule has 0 N–H and O–H groups in total. The van der Waals surface area contributed by atoms with Crippen molar-refractivity contribution in [2.75, 3.05) is 0 Å². The second-order valence-electron chi connectivity index (χ2n) is 3.23. The molecule has 0 aromatic rings. The average molecular weight is 189 g/mol. The van der Waals surface area contributed by atoms with Gasteiger partial charge < -0.3 is 14.8 Å². The molecule has 2 aliphatic rings. The van der Waals surface area contributed by atoms with Crippen molar-refractivity contribution in [3.63, 3.8) is 0 Å². The minimum Gasteiger partial charge on any atom is -0.543 e. The maximum Gasteiger partial charge on any atom is 1.00 e. The first-order chi connectivity index (χ1) is 5.61. The Bertz CT molecular complexity index is 300. The first kappa shape index (κ1) is 10.8. The van der Waals surface area contributed by atoms with Gasteiger partial charge in [0.25, 0.3) is 0 Å². The molecule has 64 valence electrons. The van der Waals surface area contributed by atoms with E-state index in [-0.39, 0.29) is 53.1 Å². The minimum atomic E-state index is -1.25. The Labute approximate surface area is 97.9 Å². The van der Waals surface area contributed by atoms with Crippen molar-refractivity contribution >= 4 is 11.9 Å². The van der Waals surface area contributed by atoms with Gasteiger partial charge in [-0.3, -0.25) is 4.79 Å². The maximum atomic E-state index is 11.0. The minimum absolute atomic E-state index is 0. The van der Waals surface area contributed by atoms with Crippen LogP contribution in [0.15, 0.2) is 11.8 Å².